The maximum Gasteiger partial charge on any atom is 0.137 e. The summed E-state index contributed by atoms with van der Waals surface area (Å²) < 4.78 is 53.5. The predicted octanol–water partition coefficient (Wildman–Crippen LogP) is 4.41. The van der Waals surface area contributed by atoms with Gasteiger partial charge in [-0.25, -0.2) is 4.98 Å². The lowest BCUT2D eigenvalue weighted by atomic mass is 10.00. The largest absolute Gasteiger partial charge is 0.497 e. The minimum atomic E-state index is -3.18. The van der Waals surface area contributed by atoms with E-state index in [2.05, 4.69) is 4.98 Å². The van der Waals surface area contributed by atoms with E-state index in [9.17, 15) is 5.11 Å². The summed E-state index contributed by atoms with van der Waals surface area (Å²) in [7, 11) is 1.56. The van der Waals surface area contributed by atoms with Crippen LogP contribution in [-0.4, -0.2) is 21.8 Å². The third-order valence-electron chi connectivity index (χ3n) is 4.27. The van der Waals surface area contributed by atoms with Crippen LogP contribution < -0.4 is 4.74 Å². The van der Waals surface area contributed by atoms with Gasteiger partial charge in [0.1, 0.15) is 11.6 Å². The van der Waals surface area contributed by atoms with Gasteiger partial charge in [0.25, 0.3) is 0 Å². The topological polar surface area (TPSA) is 47.3 Å². The Kier molecular flexibility index (Phi) is 2.29. The van der Waals surface area contributed by atoms with E-state index in [0.717, 1.165) is 21.8 Å². The van der Waals surface area contributed by atoms with Gasteiger partial charge in [0.05, 0.1) is 23.7 Å². The number of nitrogens with zero attached hydrogens (tertiary/aromatic N) is 2. The molecule has 25 heavy (non-hydrogen) atoms. The average Bonchev–Trinajstić information content (AvgIpc) is 3.05. The first kappa shape index (κ1) is 10.2. The first-order chi connectivity index (χ1) is 14.5. The molecule has 0 fully saturated rings. The first-order valence-corrected chi connectivity index (χ1v) is 7.75. The highest BCUT2D eigenvalue weighted by Gasteiger charge is 2.19. The van der Waals surface area contributed by atoms with Crippen LogP contribution in [0, 0.1) is 0 Å². The van der Waals surface area contributed by atoms with Gasteiger partial charge in [-0.1, -0.05) is 18.2 Å². The summed E-state index contributed by atoms with van der Waals surface area (Å²) in [5.41, 5.74) is -1.77. The zero-order valence-corrected chi connectivity index (χ0v) is 13.5. The Morgan fingerprint density at radius 3 is 2.64 bits per heavy atom. The molecule has 0 aliphatic carbocycles. The fourth-order valence-electron chi connectivity index (χ4n) is 3.09. The number of hydrogen-bond donors (Lipinski definition) is 1. The van der Waals surface area contributed by atoms with Crippen LogP contribution in [0.4, 0.5) is 0 Å². The Hall–Kier alpha value is -2.85. The molecular formula is C21H20N2O2. The number of ether oxygens (including phenoxy) is 1. The molecule has 0 unspecified atom stereocenters. The Morgan fingerprint density at radius 2 is 1.84 bits per heavy atom. The van der Waals surface area contributed by atoms with E-state index in [1.807, 2.05) is 42.5 Å². The molecule has 2 heterocycles. The SMILES string of the molecule is [2H]C([2H])([2H])C(O)(c1ccnc(-n2c3ccccc3c3ccc(OC)cc32)c1)C([2H])([2H])[2H]. The van der Waals surface area contributed by atoms with Gasteiger partial charge in [0, 0.05) is 31.3 Å². The molecule has 126 valence electrons. The number of pyridine rings is 1. The van der Waals surface area contributed by atoms with Gasteiger partial charge in [-0.2, -0.15) is 0 Å². The van der Waals surface area contributed by atoms with Crippen molar-refractivity contribution in [3.63, 3.8) is 0 Å². The van der Waals surface area contributed by atoms with Gasteiger partial charge in [-0.15, -0.1) is 0 Å². The van der Waals surface area contributed by atoms with Gasteiger partial charge in [0.2, 0.25) is 0 Å². The first-order valence-electron chi connectivity index (χ1n) is 10.8. The van der Waals surface area contributed by atoms with E-state index in [1.165, 1.54) is 18.3 Å². The molecule has 0 atom stereocenters. The quantitative estimate of drug-likeness (QED) is 0.602. The summed E-state index contributed by atoms with van der Waals surface area (Å²) in [6.07, 6.45) is 1.30. The second kappa shape index (κ2) is 5.60. The van der Waals surface area contributed by atoms with E-state index < -0.39 is 19.3 Å². The molecule has 0 saturated carbocycles. The van der Waals surface area contributed by atoms with Crippen molar-refractivity contribution >= 4 is 21.8 Å². The Morgan fingerprint density at radius 1 is 1.04 bits per heavy atom. The number of rotatable bonds is 3. The lowest BCUT2D eigenvalue weighted by molar-refractivity contribution is 0.0785. The lowest BCUT2D eigenvalue weighted by Crippen LogP contribution is -2.16. The summed E-state index contributed by atoms with van der Waals surface area (Å²) >= 11 is 0. The summed E-state index contributed by atoms with van der Waals surface area (Å²) in [4.78, 5) is 4.36. The number of aliphatic hydroxyl groups is 1. The highest BCUT2D eigenvalue weighted by molar-refractivity contribution is 6.09. The molecule has 0 bridgehead atoms. The molecule has 2 aromatic carbocycles. The zero-order valence-electron chi connectivity index (χ0n) is 19.5. The van der Waals surface area contributed by atoms with E-state index in [-0.39, 0.29) is 11.4 Å². The van der Waals surface area contributed by atoms with Crippen molar-refractivity contribution in [1.29, 1.82) is 0 Å². The molecule has 0 aliphatic heterocycles. The average molecular weight is 338 g/mol. The van der Waals surface area contributed by atoms with Gasteiger partial charge >= 0.3 is 0 Å². The fourth-order valence-corrected chi connectivity index (χ4v) is 3.09. The minimum Gasteiger partial charge on any atom is -0.497 e. The molecule has 4 rings (SSSR count). The van der Waals surface area contributed by atoms with Crippen LogP contribution in [0.2, 0.25) is 0 Å². The molecule has 4 nitrogen and oxygen atoms in total. The molecule has 0 amide bonds. The third-order valence-corrected chi connectivity index (χ3v) is 4.27. The molecule has 1 N–H and O–H groups in total. The molecule has 4 heteroatoms. The Bertz CT molecular complexity index is 1260. The van der Waals surface area contributed by atoms with E-state index in [4.69, 9.17) is 13.0 Å². The van der Waals surface area contributed by atoms with Crippen molar-refractivity contribution in [1.82, 2.24) is 9.55 Å². The van der Waals surface area contributed by atoms with Crippen molar-refractivity contribution in [3.8, 4) is 11.6 Å². The minimum absolute atomic E-state index is 0.258. The number of methoxy groups -OCH3 is 1. The van der Waals surface area contributed by atoms with Crippen LogP contribution in [0.15, 0.2) is 60.8 Å². The van der Waals surface area contributed by atoms with Gasteiger partial charge in [-0.05, 0) is 49.6 Å². The van der Waals surface area contributed by atoms with Crippen molar-refractivity contribution in [3.05, 3.63) is 66.4 Å². The maximum atomic E-state index is 10.9. The Labute approximate surface area is 154 Å². The summed E-state index contributed by atoms with van der Waals surface area (Å²) in [6, 6.07) is 15.7. The molecular weight excluding hydrogens is 312 g/mol. The summed E-state index contributed by atoms with van der Waals surface area (Å²) in [5, 5.41) is 12.8. The van der Waals surface area contributed by atoms with E-state index in [1.54, 1.807) is 11.7 Å². The highest BCUT2D eigenvalue weighted by Crippen LogP contribution is 2.34. The van der Waals surface area contributed by atoms with Crippen molar-refractivity contribution in [2.45, 2.75) is 19.3 Å². The zero-order chi connectivity index (χ0) is 22.6. The number of fused-ring (bicyclic) bond motifs is 3. The van der Waals surface area contributed by atoms with Gasteiger partial charge in [-0.3, -0.25) is 4.57 Å². The van der Waals surface area contributed by atoms with Crippen LogP contribution >= 0.6 is 0 Å². The van der Waals surface area contributed by atoms with Gasteiger partial charge < -0.3 is 9.84 Å². The molecule has 0 saturated heterocycles. The van der Waals surface area contributed by atoms with Crippen molar-refractivity contribution < 1.29 is 18.1 Å². The van der Waals surface area contributed by atoms with Crippen LogP contribution in [0.5, 0.6) is 5.75 Å². The smallest absolute Gasteiger partial charge is 0.137 e. The van der Waals surface area contributed by atoms with Crippen LogP contribution in [0.25, 0.3) is 27.6 Å². The Balaban J connectivity index is 2.04. The molecule has 0 radical (unpaired) electrons. The number of benzene rings is 2. The lowest BCUT2D eigenvalue weighted by Gasteiger charge is -2.18. The molecule has 4 aromatic rings. The van der Waals surface area contributed by atoms with E-state index in [0.29, 0.717) is 5.75 Å². The van der Waals surface area contributed by atoms with E-state index >= 15 is 0 Å². The fraction of sp³-hybridized carbons (Fsp3) is 0.190. The molecule has 0 aliphatic rings. The maximum absolute atomic E-state index is 10.9. The van der Waals surface area contributed by atoms with Crippen LogP contribution in [0.1, 0.15) is 27.5 Å². The van der Waals surface area contributed by atoms with Crippen molar-refractivity contribution in [2.24, 2.45) is 0 Å². The van der Waals surface area contributed by atoms with Crippen molar-refractivity contribution in [2.75, 3.05) is 7.11 Å². The highest BCUT2D eigenvalue weighted by atomic mass is 16.5. The summed E-state index contributed by atoms with van der Waals surface area (Å²) in [5.74, 6) is 0.901. The third kappa shape index (κ3) is 2.55. The number of hydrogen-bond acceptors (Lipinski definition) is 3. The predicted molar refractivity (Wildman–Crippen MR) is 100 cm³/mol. The standard InChI is InChI=1S/C21H20N2O2/c1-21(2,24)14-10-11-22-20(12-14)23-18-7-5-4-6-16(18)17-9-8-15(25-3)13-19(17)23/h4-13,24H,1-3H3/i1D3,2D3. The number of aromatic nitrogens is 2. The summed E-state index contributed by atoms with van der Waals surface area (Å²) in [6.45, 7) is -6.36. The van der Waals surface area contributed by atoms with Crippen LogP contribution in [0.3, 0.4) is 0 Å². The molecule has 2 aromatic heterocycles. The second-order valence-corrected chi connectivity index (χ2v) is 5.85. The monoisotopic (exact) mass is 338 g/mol. The number of para-hydroxylation sites is 1. The van der Waals surface area contributed by atoms with Gasteiger partial charge in [0.15, 0.2) is 0 Å². The normalized spacial score (nSPS) is 16.6. The second-order valence-electron chi connectivity index (χ2n) is 5.85. The van der Waals surface area contributed by atoms with Crippen LogP contribution in [-0.2, 0) is 5.60 Å². The molecule has 0 spiro atoms.